The third-order valence-electron chi connectivity index (χ3n) is 3.69. The number of nitrogens with zero attached hydrogens (tertiary/aromatic N) is 1. The van der Waals surface area contributed by atoms with Gasteiger partial charge in [-0.15, -0.1) is 0 Å². The molecular formula is C16H25NO3. The average molecular weight is 279 g/mol. The number of hydrogen-bond donors (Lipinski definition) is 0. The molecule has 112 valence electrons. The van der Waals surface area contributed by atoms with Gasteiger partial charge in [0, 0.05) is 13.1 Å². The van der Waals surface area contributed by atoms with Gasteiger partial charge < -0.3 is 14.4 Å². The van der Waals surface area contributed by atoms with E-state index in [1.165, 1.54) is 0 Å². The molecule has 1 amide bonds. The van der Waals surface area contributed by atoms with E-state index in [-0.39, 0.29) is 5.91 Å². The van der Waals surface area contributed by atoms with Crippen molar-refractivity contribution in [2.75, 3.05) is 27.3 Å². The first-order chi connectivity index (χ1) is 9.42. The molecule has 1 rings (SSSR count). The molecule has 0 radical (unpaired) electrons. The van der Waals surface area contributed by atoms with E-state index >= 15 is 0 Å². The van der Waals surface area contributed by atoms with E-state index in [9.17, 15) is 4.79 Å². The highest BCUT2D eigenvalue weighted by atomic mass is 16.5. The monoisotopic (exact) mass is 279 g/mol. The summed E-state index contributed by atoms with van der Waals surface area (Å²) in [5, 5.41) is 0. The summed E-state index contributed by atoms with van der Waals surface area (Å²) < 4.78 is 10.5. The molecular weight excluding hydrogens is 254 g/mol. The predicted molar refractivity (Wildman–Crippen MR) is 80.5 cm³/mol. The van der Waals surface area contributed by atoms with Gasteiger partial charge in [-0.2, -0.15) is 0 Å². The molecule has 0 atom stereocenters. The van der Waals surface area contributed by atoms with Crippen LogP contribution < -0.4 is 9.47 Å². The van der Waals surface area contributed by atoms with E-state index in [1.807, 2.05) is 50.8 Å². The Morgan fingerprint density at radius 1 is 1.10 bits per heavy atom. The lowest BCUT2D eigenvalue weighted by Gasteiger charge is -2.31. The van der Waals surface area contributed by atoms with Crippen molar-refractivity contribution in [3.8, 4) is 11.5 Å². The Hall–Kier alpha value is -1.71. The molecule has 0 aromatic heterocycles. The Kier molecular flexibility index (Phi) is 5.43. The number of benzene rings is 1. The third kappa shape index (κ3) is 3.06. The van der Waals surface area contributed by atoms with Crippen LogP contribution in [0.3, 0.4) is 0 Å². The number of carbonyl (C=O) groups is 1. The minimum absolute atomic E-state index is 0.120. The first-order valence-corrected chi connectivity index (χ1v) is 6.94. The summed E-state index contributed by atoms with van der Waals surface area (Å²) >= 11 is 0. The van der Waals surface area contributed by atoms with Crippen molar-refractivity contribution in [2.24, 2.45) is 0 Å². The summed E-state index contributed by atoms with van der Waals surface area (Å²) in [5.41, 5.74) is 0.331. The van der Waals surface area contributed by atoms with E-state index in [1.54, 1.807) is 14.2 Å². The fourth-order valence-corrected chi connectivity index (χ4v) is 2.25. The second-order valence-electron chi connectivity index (χ2n) is 5.17. The van der Waals surface area contributed by atoms with Gasteiger partial charge in [0.2, 0.25) is 5.91 Å². The Morgan fingerprint density at radius 2 is 1.65 bits per heavy atom. The summed E-state index contributed by atoms with van der Waals surface area (Å²) in [4.78, 5) is 14.5. The number of methoxy groups -OCH3 is 2. The smallest absolute Gasteiger partial charge is 0.232 e. The lowest BCUT2D eigenvalue weighted by atomic mass is 9.83. The molecule has 0 spiro atoms. The van der Waals surface area contributed by atoms with Crippen LogP contribution in [0.4, 0.5) is 0 Å². The Morgan fingerprint density at radius 3 is 2.10 bits per heavy atom. The maximum atomic E-state index is 12.6. The molecule has 1 aromatic carbocycles. The normalized spacial score (nSPS) is 11.1. The highest BCUT2D eigenvalue weighted by Crippen LogP contribution is 2.34. The zero-order valence-electron chi connectivity index (χ0n) is 13.3. The van der Waals surface area contributed by atoms with Crippen molar-refractivity contribution >= 4 is 5.91 Å². The van der Waals surface area contributed by atoms with E-state index in [2.05, 4.69) is 0 Å². The molecule has 0 aliphatic rings. The van der Waals surface area contributed by atoms with Crippen LogP contribution in [0.5, 0.6) is 11.5 Å². The minimum Gasteiger partial charge on any atom is -0.493 e. The fourth-order valence-electron chi connectivity index (χ4n) is 2.25. The van der Waals surface area contributed by atoms with Crippen molar-refractivity contribution in [3.05, 3.63) is 23.8 Å². The van der Waals surface area contributed by atoms with Crippen LogP contribution in [0, 0.1) is 0 Å². The van der Waals surface area contributed by atoms with Gasteiger partial charge in [0.25, 0.3) is 0 Å². The molecule has 0 heterocycles. The topological polar surface area (TPSA) is 38.8 Å². The van der Waals surface area contributed by atoms with Crippen molar-refractivity contribution in [1.82, 2.24) is 4.90 Å². The standard InChI is InChI=1S/C16H25NO3/c1-7-17(8-2)15(18)16(3,4)12-9-10-13(19-5)14(11-12)20-6/h9-11H,7-8H2,1-6H3. The molecule has 0 fully saturated rings. The zero-order chi connectivity index (χ0) is 15.3. The Labute approximate surface area is 121 Å². The van der Waals surface area contributed by atoms with E-state index in [0.717, 1.165) is 5.56 Å². The van der Waals surface area contributed by atoms with Crippen molar-refractivity contribution in [2.45, 2.75) is 33.1 Å². The lowest BCUT2D eigenvalue weighted by molar-refractivity contribution is -0.135. The summed E-state index contributed by atoms with van der Waals surface area (Å²) in [6.45, 7) is 9.29. The minimum atomic E-state index is -0.592. The molecule has 0 saturated carbocycles. The number of rotatable bonds is 6. The molecule has 0 unspecified atom stereocenters. The first kappa shape index (κ1) is 16.3. The summed E-state index contributed by atoms with van der Waals surface area (Å²) in [5.74, 6) is 1.43. The Bertz CT molecular complexity index is 465. The third-order valence-corrected chi connectivity index (χ3v) is 3.69. The predicted octanol–water partition coefficient (Wildman–Crippen LogP) is 2.85. The van der Waals surface area contributed by atoms with Crippen molar-refractivity contribution in [1.29, 1.82) is 0 Å². The second kappa shape index (κ2) is 6.64. The molecule has 0 bridgehead atoms. The van der Waals surface area contributed by atoms with E-state index < -0.39 is 5.41 Å². The second-order valence-corrected chi connectivity index (χ2v) is 5.17. The molecule has 0 aliphatic heterocycles. The van der Waals surface area contributed by atoms with Gasteiger partial charge in [-0.3, -0.25) is 4.79 Å². The molecule has 4 nitrogen and oxygen atoms in total. The molecule has 20 heavy (non-hydrogen) atoms. The van der Waals surface area contributed by atoms with Crippen molar-refractivity contribution in [3.63, 3.8) is 0 Å². The Balaban J connectivity index is 3.17. The highest BCUT2D eigenvalue weighted by Gasteiger charge is 2.33. The van der Waals surface area contributed by atoms with Crippen LogP contribution in [0.2, 0.25) is 0 Å². The number of ether oxygens (including phenoxy) is 2. The fraction of sp³-hybridized carbons (Fsp3) is 0.562. The molecule has 4 heteroatoms. The summed E-state index contributed by atoms with van der Waals surface area (Å²) in [7, 11) is 3.20. The maximum Gasteiger partial charge on any atom is 0.232 e. The van der Waals surface area contributed by atoms with Crippen molar-refractivity contribution < 1.29 is 14.3 Å². The van der Waals surface area contributed by atoms with Crippen LogP contribution in [0.15, 0.2) is 18.2 Å². The molecule has 0 N–H and O–H groups in total. The van der Waals surface area contributed by atoms with Crippen LogP contribution in [-0.2, 0) is 10.2 Å². The van der Waals surface area contributed by atoms with Gasteiger partial charge in [0.15, 0.2) is 11.5 Å². The van der Waals surface area contributed by atoms with E-state index in [0.29, 0.717) is 24.6 Å². The van der Waals surface area contributed by atoms with Gasteiger partial charge in [0.1, 0.15) is 0 Å². The highest BCUT2D eigenvalue weighted by molar-refractivity contribution is 5.87. The average Bonchev–Trinajstić information content (AvgIpc) is 2.47. The van der Waals surface area contributed by atoms with Crippen LogP contribution in [-0.4, -0.2) is 38.1 Å². The first-order valence-electron chi connectivity index (χ1n) is 6.94. The lowest BCUT2D eigenvalue weighted by Crippen LogP contribution is -2.43. The van der Waals surface area contributed by atoms with Gasteiger partial charge >= 0.3 is 0 Å². The van der Waals surface area contributed by atoms with Crippen LogP contribution in [0.25, 0.3) is 0 Å². The van der Waals surface area contributed by atoms with Crippen LogP contribution in [0.1, 0.15) is 33.3 Å². The molecule has 0 saturated heterocycles. The maximum absolute atomic E-state index is 12.6. The van der Waals surface area contributed by atoms with Gasteiger partial charge in [-0.1, -0.05) is 6.07 Å². The SMILES string of the molecule is CCN(CC)C(=O)C(C)(C)c1ccc(OC)c(OC)c1. The van der Waals surface area contributed by atoms with E-state index in [4.69, 9.17) is 9.47 Å². The number of carbonyl (C=O) groups excluding carboxylic acids is 1. The molecule has 1 aromatic rings. The number of amides is 1. The largest absolute Gasteiger partial charge is 0.493 e. The number of likely N-dealkylation sites (N-methyl/N-ethyl adjacent to an activating group) is 1. The molecule has 0 aliphatic carbocycles. The van der Waals surface area contributed by atoms with Gasteiger partial charge in [-0.05, 0) is 45.4 Å². The van der Waals surface area contributed by atoms with Crippen LogP contribution >= 0.6 is 0 Å². The number of hydrogen-bond acceptors (Lipinski definition) is 3. The summed E-state index contributed by atoms with van der Waals surface area (Å²) in [6, 6.07) is 5.63. The summed E-state index contributed by atoms with van der Waals surface area (Å²) in [6.07, 6.45) is 0. The quantitative estimate of drug-likeness (QED) is 0.803. The zero-order valence-corrected chi connectivity index (χ0v) is 13.3. The van der Waals surface area contributed by atoms with Gasteiger partial charge in [0.05, 0.1) is 19.6 Å². The van der Waals surface area contributed by atoms with Gasteiger partial charge in [-0.25, -0.2) is 0 Å².